The van der Waals surface area contributed by atoms with Crippen molar-refractivity contribution < 1.29 is 5.11 Å². The first-order valence-electron chi connectivity index (χ1n) is 6.40. The number of aliphatic hydroxyl groups excluding tert-OH is 1. The first kappa shape index (κ1) is 9.86. The molecule has 1 heterocycles. The number of fused-ring (bicyclic) bond motifs is 2. The fourth-order valence-electron chi connectivity index (χ4n) is 3.54. The molecular formula is C13H21NO. The number of likely N-dealkylation sites (tertiary alicyclic amines) is 1. The summed E-state index contributed by atoms with van der Waals surface area (Å²) >= 11 is 0. The molecule has 1 N–H and O–H groups in total. The summed E-state index contributed by atoms with van der Waals surface area (Å²) in [7, 11) is 0. The molecule has 1 saturated carbocycles. The zero-order valence-electron chi connectivity index (χ0n) is 9.31. The van der Waals surface area contributed by atoms with Crippen LogP contribution in [0.3, 0.4) is 0 Å². The van der Waals surface area contributed by atoms with Crippen LogP contribution in [0.25, 0.3) is 0 Å². The molecule has 0 aromatic heterocycles. The molecule has 1 saturated heterocycles. The van der Waals surface area contributed by atoms with Crippen LogP contribution < -0.4 is 0 Å². The molecule has 0 amide bonds. The van der Waals surface area contributed by atoms with Crippen LogP contribution in [0.4, 0.5) is 0 Å². The minimum absolute atomic E-state index is 0.0267. The summed E-state index contributed by atoms with van der Waals surface area (Å²) in [4.78, 5) is 2.56. The van der Waals surface area contributed by atoms with E-state index in [2.05, 4.69) is 17.1 Å². The monoisotopic (exact) mass is 207 g/mol. The van der Waals surface area contributed by atoms with E-state index in [1.807, 2.05) is 0 Å². The number of hydrogen-bond donors (Lipinski definition) is 1. The first-order valence-corrected chi connectivity index (χ1v) is 6.40. The molecule has 0 aromatic rings. The van der Waals surface area contributed by atoms with Crippen molar-refractivity contribution in [2.45, 2.75) is 31.8 Å². The minimum Gasteiger partial charge on any atom is -0.393 e. The zero-order chi connectivity index (χ0) is 10.3. The fourth-order valence-corrected chi connectivity index (χ4v) is 3.54. The van der Waals surface area contributed by atoms with Crippen LogP contribution in [0.5, 0.6) is 0 Å². The van der Waals surface area contributed by atoms with E-state index in [-0.39, 0.29) is 6.10 Å². The Bertz CT molecular complexity index is 255. The van der Waals surface area contributed by atoms with E-state index in [0.717, 1.165) is 43.7 Å². The lowest BCUT2D eigenvalue weighted by atomic mass is 9.92. The molecule has 0 radical (unpaired) electrons. The van der Waals surface area contributed by atoms with Crippen LogP contribution in [0.1, 0.15) is 25.7 Å². The Kier molecular flexibility index (Phi) is 2.57. The van der Waals surface area contributed by atoms with Crippen molar-refractivity contribution in [3.63, 3.8) is 0 Å². The highest BCUT2D eigenvalue weighted by Crippen LogP contribution is 2.43. The second kappa shape index (κ2) is 3.91. The molecule has 2 heteroatoms. The molecule has 15 heavy (non-hydrogen) atoms. The van der Waals surface area contributed by atoms with Gasteiger partial charge in [-0.1, -0.05) is 12.2 Å². The van der Waals surface area contributed by atoms with Crippen LogP contribution in [-0.2, 0) is 0 Å². The van der Waals surface area contributed by atoms with Crippen molar-refractivity contribution in [3.05, 3.63) is 12.2 Å². The Balaban J connectivity index is 1.51. The predicted molar refractivity (Wildman–Crippen MR) is 60.5 cm³/mol. The van der Waals surface area contributed by atoms with Crippen molar-refractivity contribution in [2.24, 2.45) is 17.8 Å². The molecule has 1 aliphatic heterocycles. The van der Waals surface area contributed by atoms with Gasteiger partial charge in [-0.15, -0.1) is 0 Å². The standard InChI is InChI=1S/C13H21NO/c15-13-3-5-14(6-4-13)9-12-8-10-1-2-11(12)7-10/h1-2,10-13,15H,3-9H2/t10-,11+,12-/m1/s1. The Morgan fingerprint density at radius 1 is 1.13 bits per heavy atom. The van der Waals surface area contributed by atoms with Crippen LogP contribution in [-0.4, -0.2) is 35.7 Å². The van der Waals surface area contributed by atoms with Gasteiger partial charge in [-0.3, -0.25) is 0 Å². The SMILES string of the molecule is OC1CCN(C[C@H]2C[C@@H]3C=C[C@H]2C3)CC1. The lowest BCUT2D eigenvalue weighted by Gasteiger charge is -2.33. The smallest absolute Gasteiger partial charge is 0.0564 e. The van der Waals surface area contributed by atoms with E-state index in [1.54, 1.807) is 0 Å². The van der Waals surface area contributed by atoms with Gasteiger partial charge in [0.05, 0.1) is 6.10 Å². The molecule has 2 fully saturated rings. The molecule has 3 rings (SSSR count). The van der Waals surface area contributed by atoms with Crippen molar-refractivity contribution in [3.8, 4) is 0 Å². The highest BCUT2D eigenvalue weighted by molar-refractivity contribution is 5.10. The van der Waals surface area contributed by atoms with Gasteiger partial charge in [-0.05, 0) is 43.4 Å². The molecule has 0 aromatic carbocycles. The van der Waals surface area contributed by atoms with Crippen molar-refractivity contribution in [1.82, 2.24) is 4.90 Å². The third-order valence-electron chi connectivity index (χ3n) is 4.47. The normalized spacial score (nSPS) is 41.5. The Morgan fingerprint density at radius 3 is 2.53 bits per heavy atom. The second-order valence-corrected chi connectivity index (χ2v) is 5.57. The molecule has 2 nitrogen and oxygen atoms in total. The average Bonchev–Trinajstić information content (AvgIpc) is 2.83. The summed E-state index contributed by atoms with van der Waals surface area (Å²) < 4.78 is 0. The number of aliphatic hydroxyl groups is 1. The largest absolute Gasteiger partial charge is 0.393 e. The number of piperidine rings is 1. The van der Waals surface area contributed by atoms with Gasteiger partial charge in [0.1, 0.15) is 0 Å². The lowest BCUT2D eigenvalue weighted by molar-refractivity contribution is 0.0724. The van der Waals surface area contributed by atoms with Crippen LogP contribution in [0.15, 0.2) is 12.2 Å². The van der Waals surface area contributed by atoms with E-state index in [4.69, 9.17) is 0 Å². The lowest BCUT2D eigenvalue weighted by Crippen LogP contribution is -2.39. The predicted octanol–water partition coefficient (Wildman–Crippen LogP) is 1.66. The molecular weight excluding hydrogens is 186 g/mol. The maximum absolute atomic E-state index is 9.46. The van der Waals surface area contributed by atoms with Crippen LogP contribution >= 0.6 is 0 Å². The Labute approximate surface area is 92.0 Å². The molecule has 0 unspecified atom stereocenters. The molecule has 3 aliphatic rings. The molecule has 0 spiro atoms. The number of hydrogen-bond acceptors (Lipinski definition) is 2. The van der Waals surface area contributed by atoms with E-state index in [9.17, 15) is 5.11 Å². The third kappa shape index (κ3) is 1.98. The highest BCUT2D eigenvalue weighted by Gasteiger charge is 2.36. The summed E-state index contributed by atoms with van der Waals surface area (Å²) in [5, 5.41) is 9.46. The summed E-state index contributed by atoms with van der Waals surface area (Å²) in [5.74, 6) is 2.69. The molecule has 84 valence electrons. The average molecular weight is 207 g/mol. The topological polar surface area (TPSA) is 23.5 Å². The first-order chi connectivity index (χ1) is 7.31. The number of allylic oxidation sites excluding steroid dienone is 2. The summed E-state index contributed by atoms with van der Waals surface area (Å²) in [5.41, 5.74) is 0. The van der Waals surface area contributed by atoms with Gasteiger partial charge in [-0.25, -0.2) is 0 Å². The maximum atomic E-state index is 9.46. The van der Waals surface area contributed by atoms with Gasteiger partial charge in [-0.2, -0.15) is 0 Å². The van der Waals surface area contributed by atoms with Gasteiger partial charge >= 0.3 is 0 Å². The Morgan fingerprint density at radius 2 is 1.93 bits per heavy atom. The highest BCUT2D eigenvalue weighted by atomic mass is 16.3. The van der Waals surface area contributed by atoms with Gasteiger partial charge in [0.25, 0.3) is 0 Å². The zero-order valence-corrected chi connectivity index (χ0v) is 9.31. The van der Waals surface area contributed by atoms with Crippen LogP contribution in [0.2, 0.25) is 0 Å². The van der Waals surface area contributed by atoms with Crippen molar-refractivity contribution in [2.75, 3.05) is 19.6 Å². The molecule has 3 atom stereocenters. The van der Waals surface area contributed by atoms with Crippen molar-refractivity contribution in [1.29, 1.82) is 0 Å². The summed E-state index contributed by atoms with van der Waals surface area (Å²) in [6.45, 7) is 3.50. The minimum atomic E-state index is -0.0267. The summed E-state index contributed by atoms with van der Waals surface area (Å²) in [6, 6.07) is 0. The van der Waals surface area contributed by atoms with E-state index < -0.39 is 0 Å². The van der Waals surface area contributed by atoms with E-state index >= 15 is 0 Å². The summed E-state index contributed by atoms with van der Waals surface area (Å²) in [6.07, 6.45) is 9.63. The third-order valence-corrected chi connectivity index (χ3v) is 4.47. The second-order valence-electron chi connectivity index (χ2n) is 5.57. The Hall–Kier alpha value is -0.340. The van der Waals surface area contributed by atoms with Crippen LogP contribution in [0, 0.1) is 17.8 Å². The van der Waals surface area contributed by atoms with Crippen molar-refractivity contribution >= 4 is 0 Å². The van der Waals surface area contributed by atoms with Gasteiger partial charge in [0.15, 0.2) is 0 Å². The molecule has 2 aliphatic carbocycles. The number of nitrogens with zero attached hydrogens (tertiary/aromatic N) is 1. The maximum Gasteiger partial charge on any atom is 0.0564 e. The molecule has 2 bridgehead atoms. The van der Waals surface area contributed by atoms with Gasteiger partial charge in [0, 0.05) is 19.6 Å². The van der Waals surface area contributed by atoms with Gasteiger partial charge in [0.2, 0.25) is 0 Å². The number of rotatable bonds is 2. The van der Waals surface area contributed by atoms with Gasteiger partial charge < -0.3 is 10.0 Å². The van der Waals surface area contributed by atoms with E-state index in [1.165, 1.54) is 19.4 Å². The quantitative estimate of drug-likeness (QED) is 0.696. The van der Waals surface area contributed by atoms with E-state index in [0.29, 0.717) is 0 Å². The fraction of sp³-hybridized carbons (Fsp3) is 0.846.